The number of hydrogen-bond donors (Lipinski definition) is 1. The van der Waals surface area contributed by atoms with Gasteiger partial charge in [0.2, 0.25) is 0 Å². The van der Waals surface area contributed by atoms with E-state index in [1.807, 2.05) is 40.9 Å². The van der Waals surface area contributed by atoms with Gasteiger partial charge in [0.25, 0.3) is 0 Å². The number of imidazole rings is 1. The maximum Gasteiger partial charge on any atom is 0.490 e. The average Bonchev–Trinajstić information content (AvgIpc) is 3.37. The van der Waals surface area contributed by atoms with E-state index in [9.17, 15) is 21.6 Å². The number of sulfone groups is 1. The van der Waals surface area contributed by atoms with Crippen molar-refractivity contribution >= 4 is 42.3 Å². The third-order valence-electron chi connectivity index (χ3n) is 5.69. The van der Waals surface area contributed by atoms with Gasteiger partial charge in [0.1, 0.15) is 5.75 Å². The minimum absolute atomic E-state index is 0.312. The van der Waals surface area contributed by atoms with Gasteiger partial charge >= 0.3 is 12.1 Å². The Labute approximate surface area is 224 Å². The standard InChI is InChI=1S/C23H20N4O3S2.C2HF3O2/c1-3-4-10-23(25-26-23)11-12-30-17-7-5-6-16(13-17)19-15-27-20-9-8-18(32(2,28)29)14-21(20)31-22(27)24-19;3-2(4,5)1(6)7/h1,5-9,13-15H,4,10-12H2,2H3;(H,6,7). The molecule has 0 bridgehead atoms. The van der Waals surface area contributed by atoms with Crippen molar-refractivity contribution < 1.29 is 36.2 Å². The number of aliphatic carboxylic acids is 1. The SMILES string of the molecule is C#CCCC1(CCOc2cccc(-c3cn4c(n3)sc3cc(S(C)(=O)=O)ccc34)c2)N=N1.O=C(O)C(F)(F)F. The first-order chi connectivity index (χ1) is 18.3. The number of benzene rings is 2. The molecular weight excluding hydrogens is 557 g/mol. The number of hydrogen-bond acceptors (Lipinski definition) is 8. The summed E-state index contributed by atoms with van der Waals surface area (Å²) in [5.74, 6) is 0.633. The highest BCUT2D eigenvalue weighted by atomic mass is 32.2. The van der Waals surface area contributed by atoms with E-state index in [0.29, 0.717) is 24.3 Å². The summed E-state index contributed by atoms with van der Waals surface area (Å²) < 4.78 is 64.2. The number of carboxylic acids is 1. The zero-order valence-electron chi connectivity index (χ0n) is 20.3. The number of aromatic nitrogens is 2. The van der Waals surface area contributed by atoms with Gasteiger partial charge in [-0.2, -0.15) is 23.4 Å². The molecule has 14 heteroatoms. The Morgan fingerprint density at radius 3 is 2.54 bits per heavy atom. The zero-order chi connectivity index (χ0) is 28.4. The minimum atomic E-state index is -5.08. The van der Waals surface area contributed by atoms with E-state index in [1.54, 1.807) is 12.1 Å². The van der Waals surface area contributed by atoms with Crippen molar-refractivity contribution in [1.29, 1.82) is 0 Å². The third kappa shape index (κ3) is 6.73. The number of nitrogens with zero attached hydrogens (tertiary/aromatic N) is 4. The predicted molar refractivity (Wildman–Crippen MR) is 139 cm³/mol. The topological polar surface area (TPSA) is 123 Å². The number of terminal acetylenes is 1. The molecule has 0 aliphatic carbocycles. The molecule has 1 N–H and O–H groups in total. The summed E-state index contributed by atoms with van der Waals surface area (Å²) in [7, 11) is -3.25. The van der Waals surface area contributed by atoms with E-state index >= 15 is 0 Å². The highest BCUT2D eigenvalue weighted by Crippen LogP contribution is 2.37. The predicted octanol–water partition coefficient (Wildman–Crippen LogP) is 5.60. The number of alkyl halides is 3. The molecule has 1 aliphatic heterocycles. The number of fused-ring (bicyclic) bond motifs is 3. The lowest BCUT2D eigenvalue weighted by Gasteiger charge is -2.11. The lowest BCUT2D eigenvalue weighted by Crippen LogP contribution is -2.21. The van der Waals surface area contributed by atoms with E-state index in [1.165, 1.54) is 17.6 Å². The first-order valence-corrected chi connectivity index (χ1v) is 14.0. The van der Waals surface area contributed by atoms with Crippen molar-refractivity contribution in [1.82, 2.24) is 9.38 Å². The molecule has 0 saturated carbocycles. The van der Waals surface area contributed by atoms with Crippen molar-refractivity contribution in [2.45, 2.75) is 36.0 Å². The first kappa shape index (κ1) is 28.1. The van der Waals surface area contributed by atoms with Gasteiger partial charge in [-0.3, -0.25) is 4.40 Å². The van der Waals surface area contributed by atoms with E-state index in [2.05, 4.69) is 16.1 Å². The largest absolute Gasteiger partial charge is 0.493 e. The van der Waals surface area contributed by atoms with E-state index < -0.39 is 22.0 Å². The van der Waals surface area contributed by atoms with Crippen LogP contribution >= 0.6 is 11.3 Å². The van der Waals surface area contributed by atoms with E-state index in [-0.39, 0.29) is 5.66 Å². The number of carboxylic acid groups (broad SMARTS) is 1. The summed E-state index contributed by atoms with van der Waals surface area (Å²) in [6.07, 6.45) is 5.55. The van der Waals surface area contributed by atoms with Gasteiger partial charge in [0, 0.05) is 37.3 Å². The average molecular weight is 579 g/mol. The fraction of sp³-hybridized carbons (Fsp3) is 0.280. The van der Waals surface area contributed by atoms with Crippen LogP contribution < -0.4 is 4.74 Å². The summed E-state index contributed by atoms with van der Waals surface area (Å²) in [4.78, 5) is 14.8. The van der Waals surface area contributed by atoms with E-state index in [4.69, 9.17) is 26.0 Å². The van der Waals surface area contributed by atoms with Crippen LogP contribution in [0.25, 0.3) is 26.4 Å². The van der Waals surface area contributed by atoms with Crippen molar-refractivity contribution in [2.75, 3.05) is 12.9 Å². The van der Waals surface area contributed by atoms with Gasteiger partial charge in [-0.1, -0.05) is 23.5 Å². The first-order valence-electron chi connectivity index (χ1n) is 11.3. The quantitative estimate of drug-likeness (QED) is 0.272. The maximum absolute atomic E-state index is 11.8. The molecule has 204 valence electrons. The van der Waals surface area contributed by atoms with Gasteiger partial charge in [-0.15, -0.1) is 12.3 Å². The van der Waals surface area contributed by atoms with Crippen molar-refractivity contribution in [2.24, 2.45) is 10.2 Å². The van der Waals surface area contributed by atoms with Crippen LogP contribution in [-0.4, -0.2) is 53.6 Å². The Morgan fingerprint density at radius 2 is 1.92 bits per heavy atom. The Bertz CT molecular complexity index is 1710. The highest BCUT2D eigenvalue weighted by Gasteiger charge is 2.39. The molecule has 9 nitrogen and oxygen atoms in total. The lowest BCUT2D eigenvalue weighted by atomic mass is 10.1. The number of ether oxygens (including phenoxy) is 1. The van der Waals surface area contributed by atoms with Crippen LogP contribution in [0.3, 0.4) is 0 Å². The van der Waals surface area contributed by atoms with E-state index in [0.717, 1.165) is 38.6 Å². The van der Waals surface area contributed by atoms with Crippen molar-refractivity contribution in [3.05, 3.63) is 48.7 Å². The molecule has 0 radical (unpaired) electrons. The summed E-state index contributed by atoms with van der Waals surface area (Å²) in [6.45, 7) is 0.507. The highest BCUT2D eigenvalue weighted by molar-refractivity contribution is 7.90. The number of carbonyl (C=O) groups is 1. The number of rotatable bonds is 8. The van der Waals surface area contributed by atoms with Crippen LogP contribution in [0, 0.1) is 12.3 Å². The van der Waals surface area contributed by atoms with Gasteiger partial charge in [0.05, 0.1) is 27.4 Å². The fourth-order valence-electron chi connectivity index (χ4n) is 3.60. The zero-order valence-corrected chi connectivity index (χ0v) is 22.0. The Balaban J connectivity index is 0.000000448. The van der Waals surface area contributed by atoms with Crippen LogP contribution in [0.1, 0.15) is 19.3 Å². The second-order valence-electron chi connectivity index (χ2n) is 8.60. The molecule has 1 aliphatic rings. The van der Waals surface area contributed by atoms with Crippen LogP contribution in [0.2, 0.25) is 0 Å². The Kier molecular flexibility index (Phi) is 7.67. The van der Waals surface area contributed by atoms with Gasteiger partial charge in [-0.05, 0) is 30.3 Å². The van der Waals surface area contributed by atoms with Crippen LogP contribution in [0.4, 0.5) is 13.2 Å². The molecule has 2 aromatic heterocycles. The van der Waals surface area contributed by atoms with Crippen LogP contribution in [0.15, 0.2) is 63.8 Å². The Morgan fingerprint density at radius 1 is 1.21 bits per heavy atom. The molecule has 0 unspecified atom stereocenters. The summed E-state index contributed by atoms with van der Waals surface area (Å²) in [6, 6.07) is 13.0. The fourth-order valence-corrected chi connectivity index (χ4v) is 5.37. The summed E-state index contributed by atoms with van der Waals surface area (Å²) in [5.41, 5.74) is 2.35. The number of thiazole rings is 1. The summed E-state index contributed by atoms with van der Waals surface area (Å²) >= 11 is 1.46. The van der Waals surface area contributed by atoms with Crippen LogP contribution in [-0.2, 0) is 14.6 Å². The molecule has 39 heavy (non-hydrogen) atoms. The molecule has 0 amide bonds. The molecule has 0 atom stereocenters. The van der Waals surface area contributed by atoms with Gasteiger partial charge in [0.15, 0.2) is 20.5 Å². The molecular formula is C25H21F3N4O5S2. The summed E-state index contributed by atoms with van der Waals surface area (Å²) in [5, 5.41) is 15.4. The lowest BCUT2D eigenvalue weighted by molar-refractivity contribution is -0.192. The molecule has 2 aromatic carbocycles. The molecule has 0 spiro atoms. The van der Waals surface area contributed by atoms with Crippen molar-refractivity contribution in [3.63, 3.8) is 0 Å². The number of halogens is 3. The molecule has 0 saturated heterocycles. The normalized spacial score (nSPS) is 14.0. The van der Waals surface area contributed by atoms with Crippen molar-refractivity contribution in [3.8, 4) is 29.4 Å². The second-order valence-corrected chi connectivity index (χ2v) is 11.6. The Hall–Kier alpha value is -3.96. The van der Waals surface area contributed by atoms with Gasteiger partial charge in [-0.25, -0.2) is 18.2 Å². The van der Waals surface area contributed by atoms with Gasteiger partial charge < -0.3 is 9.84 Å². The molecule has 0 fully saturated rings. The second kappa shape index (κ2) is 10.7. The monoisotopic (exact) mass is 578 g/mol. The maximum atomic E-state index is 11.8. The molecule has 4 aromatic rings. The molecule has 3 heterocycles. The third-order valence-corrected chi connectivity index (χ3v) is 7.82. The molecule has 5 rings (SSSR count). The van der Waals surface area contributed by atoms with Crippen LogP contribution in [0.5, 0.6) is 5.75 Å². The smallest absolute Gasteiger partial charge is 0.490 e. The minimum Gasteiger partial charge on any atom is -0.493 e.